The van der Waals surface area contributed by atoms with Crippen LogP contribution in [0.5, 0.6) is 5.75 Å². The second-order valence-corrected chi connectivity index (χ2v) is 6.67. The molecule has 0 aliphatic rings. The molecule has 0 amide bonds. The van der Waals surface area contributed by atoms with Crippen molar-refractivity contribution in [3.05, 3.63) is 34.1 Å². The monoisotopic (exact) mass is 353 g/mol. The highest BCUT2D eigenvalue weighted by Crippen LogP contribution is 2.30. The third kappa shape index (κ3) is 4.78. The number of halogens is 1. The fourth-order valence-corrected chi connectivity index (χ4v) is 2.25. The maximum atomic E-state index is 5.87. The summed E-state index contributed by atoms with van der Waals surface area (Å²) in [6.45, 7) is 7.42. The third-order valence-electron chi connectivity index (χ3n) is 2.75. The molecule has 7 heteroatoms. The van der Waals surface area contributed by atoms with Crippen molar-refractivity contribution in [3.63, 3.8) is 0 Å². The second kappa shape index (κ2) is 6.53. The minimum Gasteiger partial charge on any atom is -0.484 e. The predicted molar refractivity (Wildman–Crippen MR) is 83.9 cm³/mol. The molecule has 0 spiro atoms. The van der Waals surface area contributed by atoms with Gasteiger partial charge in [-0.1, -0.05) is 12.1 Å². The molecule has 0 unspecified atom stereocenters. The molecular formula is C14H20BrN5O. The van der Waals surface area contributed by atoms with Gasteiger partial charge in [-0.3, -0.25) is 0 Å². The van der Waals surface area contributed by atoms with E-state index in [2.05, 4.69) is 57.4 Å². The van der Waals surface area contributed by atoms with E-state index in [1.165, 1.54) is 4.80 Å². The van der Waals surface area contributed by atoms with E-state index in [1.54, 1.807) is 7.05 Å². The summed E-state index contributed by atoms with van der Waals surface area (Å²) in [6.07, 6.45) is 0. The molecule has 0 aliphatic heterocycles. The topological polar surface area (TPSA) is 64.9 Å². The van der Waals surface area contributed by atoms with E-state index in [-0.39, 0.29) is 5.54 Å². The number of hydrogen-bond acceptors (Lipinski definition) is 5. The van der Waals surface area contributed by atoms with Crippen molar-refractivity contribution >= 4 is 15.9 Å². The average molecular weight is 354 g/mol. The number of tetrazole rings is 1. The van der Waals surface area contributed by atoms with Crippen LogP contribution in [0.15, 0.2) is 22.7 Å². The van der Waals surface area contributed by atoms with Gasteiger partial charge in [0.15, 0.2) is 6.61 Å². The number of ether oxygens (including phenoxy) is 1. The van der Waals surface area contributed by atoms with Crippen LogP contribution < -0.4 is 10.1 Å². The average Bonchev–Trinajstić information content (AvgIpc) is 2.80. The Hall–Kier alpha value is -1.47. The maximum absolute atomic E-state index is 5.87. The number of nitrogens with one attached hydrogen (secondary N) is 1. The summed E-state index contributed by atoms with van der Waals surface area (Å²) in [5.41, 5.74) is 1.13. The number of benzene rings is 1. The highest BCUT2D eigenvalue weighted by molar-refractivity contribution is 9.10. The first-order valence-corrected chi connectivity index (χ1v) is 7.52. The first kappa shape index (κ1) is 15.9. The van der Waals surface area contributed by atoms with E-state index >= 15 is 0 Å². The van der Waals surface area contributed by atoms with Crippen LogP contribution in [0.3, 0.4) is 0 Å². The van der Waals surface area contributed by atoms with E-state index in [1.807, 2.05) is 18.2 Å². The lowest BCUT2D eigenvalue weighted by Gasteiger charge is -2.22. The number of para-hydroxylation sites is 1. The van der Waals surface area contributed by atoms with Crippen LogP contribution in [0.25, 0.3) is 0 Å². The number of aryl methyl sites for hydroxylation is 1. The van der Waals surface area contributed by atoms with Crippen molar-refractivity contribution < 1.29 is 4.74 Å². The van der Waals surface area contributed by atoms with Crippen molar-refractivity contribution in [2.75, 3.05) is 0 Å². The SMILES string of the molecule is Cn1nnc(COc2c(Br)cccc2CNC(C)(C)C)n1. The lowest BCUT2D eigenvalue weighted by Crippen LogP contribution is -2.35. The van der Waals surface area contributed by atoms with E-state index in [9.17, 15) is 0 Å². The molecule has 0 fully saturated rings. The zero-order valence-corrected chi connectivity index (χ0v) is 14.3. The van der Waals surface area contributed by atoms with Crippen molar-refractivity contribution in [2.24, 2.45) is 7.05 Å². The quantitative estimate of drug-likeness (QED) is 0.894. The lowest BCUT2D eigenvalue weighted by molar-refractivity contribution is 0.288. The molecule has 21 heavy (non-hydrogen) atoms. The smallest absolute Gasteiger partial charge is 0.212 e. The van der Waals surface area contributed by atoms with Gasteiger partial charge in [0.2, 0.25) is 5.82 Å². The maximum Gasteiger partial charge on any atom is 0.212 e. The Balaban J connectivity index is 2.10. The molecule has 0 saturated carbocycles. The van der Waals surface area contributed by atoms with Crippen LogP contribution in [0.4, 0.5) is 0 Å². The van der Waals surface area contributed by atoms with Crippen LogP contribution in [0, 0.1) is 0 Å². The number of nitrogens with zero attached hydrogens (tertiary/aromatic N) is 4. The zero-order chi connectivity index (χ0) is 15.5. The van der Waals surface area contributed by atoms with E-state index in [0.29, 0.717) is 12.4 Å². The fraction of sp³-hybridized carbons (Fsp3) is 0.500. The van der Waals surface area contributed by atoms with E-state index in [4.69, 9.17) is 4.74 Å². The van der Waals surface area contributed by atoms with Gasteiger partial charge in [0.1, 0.15) is 5.75 Å². The van der Waals surface area contributed by atoms with Crippen LogP contribution in [-0.4, -0.2) is 25.7 Å². The van der Waals surface area contributed by atoms with Gasteiger partial charge in [-0.2, -0.15) is 4.80 Å². The molecule has 1 aromatic carbocycles. The molecule has 2 aromatic rings. The summed E-state index contributed by atoms with van der Waals surface area (Å²) in [7, 11) is 1.73. The van der Waals surface area contributed by atoms with Gasteiger partial charge >= 0.3 is 0 Å². The molecule has 0 aliphatic carbocycles. The van der Waals surface area contributed by atoms with Gasteiger partial charge in [0.05, 0.1) is 11.5 Å². The summed E-state index contributed by atoms with van der Waals surface area (Å²) in [5.74, 6) is 1.37. The Morgan fingerprint density at radius 3 is 2.71 bits per heavy atom. The van der Waals surface area contributed by atoms with Crippen LogP contribution in [-0.2, 0) is 20.2 Å². The van der Waals surface area contributed by atoms with Crippen LogP contribution in [0.1, 0.15) is 32.2 Å². The molecule has 0 atom stereocenters. The Kier molecular flexibility index (Phi) is 4.95. The summed E-state index contributed by atoms with van der Waals surface area (Å²) < 4.78 is 6.78. The van der Waals surface area contributed by atoms with Gasteiger partial charge in [-0.05, 0) is 48.0 Å². The van der Waals surface area contributed by atoms with Gasteiger partial charge in [-0.25, -0.2) is 0 Å². The first-order valence-electron chi connectivity index (χ1n) is 6.73. The van der Waals surface area contributed by atoms with Crippen molar-refractivity contribution in [2.45, 2.75) is 39.5 Å². The van der Waals surface area contributed by atoms with Crippen LogP contribution in [0.2, 0.25) is 0 Å². The van der Waals surface area contributed by atoms with Crippen molar-refractivity contribution in [1.29, 1.82) is 0 Å². The van der Waals surface area contributed by atoms with Gasteiger partial charge in [0.25, 0.3) is 0 Å². The molecule has 1 heterocycles. The van der Waals surface area contributed by atoms with Crippen LogP contribution >= 0.6 is 15.9 Å². The molecule has 0 bridgehead atoms. The van der Waals surface area contributed by atoms with Crippen molar-refractivity contribution in [1.82, 2.24) is 25.5 Å². The number of hydrogen-bond donors (Lipinski definition) is 1. The predicted octanol–water partition coefficient (Wildman–Crippen LogP) is 2.44. The Labute approximate surface area is 133 Å². The molecular weight excluding hydrogens is 334 g/mol. The van der Waals surface area contributed by atoms with E-state index < -0.39 is 0 Å². The molecule has 0 radical (unpaired) electrons. The number of rotatable bonds is 5. The molecule has 6 nitrogen and oxygen atoms in total. The highest BCUT2D eigenvalue weighted by atomic mass is 79.9. The van der Waals surface area contributed by atoms with Gasteiger partial charge < -0.3 is 10.1 Å². The largest absolute Gasteiger partial charge is 0.484 e. The summed E-state index contributed by atoms with van der Waals surface area (Å²) in [5, 5.41) is 15.3. The summed E-state index contributed by atoms with van der Waals surface area (Å²) >= 11 is 3.53. The number of aromatic nitrogens is 4. The molecule has 114 valence electrons. The first-order chi connectivity index (χ1) is 9.85. The Bertz CT molecular complexity index is 606. The van der Waals surface area contributed by atoms with Gasteiger partial charge in [-0.15, -0.1) is 10.2 Å². The normalized spacial score (nSPS) is 11.7. The highest BCUT2D eigenvalue weighted by Gasteiger charge is 2.13. The fourth-order valence-electron chi connectivity index (χ4n) is 1.73. The summed E-state index contributed by atoms with van der Waals surface area (Å²) in [4.78, 5) is 1.42. The minimum atomic E-state index is 0.0477. The second-order valence-electron chi connectivity index (χ2n) is 5.82. The standard InChI is InChI=1S/C14H20BrN5O/c1-14(2,3)16-8-10-6-5-7-11(15)13(10)21-9-12-17-19-20(4)18-12/h5-7,16H,8-9H2,1-4H3. The minimum absolute atomic E-state index is 0.0477. The van der Waals surface area contributed by atoms with Gasteiger partial charge in [0, 0.05) is 17.6 Å². The Morgan fingerprint density at radius 1 is 1.33 bits per heavy atom. The van der Waals surface area contributed by atoms with E-state index in [0.717, 1.165) is 22.3 Å². The zero-order valence-electron chi connectivity index (χ0n) is 12.7. The van der Waals surface area contributed by atoms with Crippen molar-refractivity contribution in [3.8, 4) is 5.75 Å². The molecule has 2 rings (SSSR count). The lowest BCUT2D eigenvalue weighted by atomic mass is 10.1. The molecule has 0 saturated heterocycles. The Morgan fingerprint density at radius 2 is 2.10 bits per heavy atom. The summed E-state index contributed by atoms with van der Waals surface area (Å²) in [6, 6.07) is 6.00. The molecule has 1 aromatic heterocycles. The third-order valence-corrected chi connectivity index (χ3v) is 3.38. The molecule has 1 N–H and O–H groups in total.